The second-order valence-electron chi connectivity index (χ2n) is 5.81. The molecule has 2 atom stereocenters. The highest BCUT2D eigenvalue weighted by Crippen LogP contribution is 2.44. The fourth-order valence-corrected chi connectivity index (χ4v) is 3.86. The number of benzene rings is 1. The Labute approximate surface area is 138 Å². The van der Waals surface area contributed by atoms with Gasteiger partial charge in [0.25, 0.3) is 0 Å². The molecule has 0 unspecified atom stereocenters. The molecule has 0 spiro atoms. The van der Waals surface area contributed by atoms with Gasteiger partial charge in [0.2, 0.25) is 5.91 Å². The van der Waals surface area contributed by atoms with E-state index < -0.39 is 5.82 Å². The molecule has 2 N–H and O–H groups in total. The Morgan fingerprint density at radius 2 is 2.24 bits per heavy atom. The zero-order valence-electron chi connectivity index (χ0n) is 11.6. The van der Waals surface area contributed by atoms with Gasteiger partial charge in [0.15, 0.2) is 0 Å². The number of hydrogen-bond acceptors (Lipinski definition) is 2. The number of hydrogen-bond donors (Lipinski definition) is 2. The maximum Gasteiger partial charge on any atom is 0.232 e. The first-order chi connectivity index (χ1) is 9.62. The Morgan fingerprint density at radius 3 is 3.00 bits per heavy atom. The Morgan fingerprint density at radius 1 is 1.43 bits per heavy atom. The number of anilines is 1. The van der Waals surface area contributed by atoms with Crippen molar-refractivity contribution in [3.8, 4) is 0 Å². The predicted molar refractivity (Wildman–Crippen MR) is 87.2 cm³/mol. The largest absolute Gasteiger partial charge is 0.323 e. The molecular formula is C15H19BrClFN2O. The van der Waals surface area contributed by atoms with Gasteiger partial charge in [-0.25, -0.2) is 4.39 Å². The fraction of sp³-hybridized carbons (Fsp3) is 0.533. The van der Waals surface area contributed by atoms with E-state index in [0.717, 1.165) is 25.8 Å². The van der Waals surface area contributed by atoms with Gasteiger partial charge in [-0.3, -0.25) is 4.79 Å². The van der Waals surface area contributed by atoms with E-state index in [1.54, 1.807) is 12.1 Å². The van der Waals surface area contributed by atoms with Gasteiger partial charge in [0, 0.05) is 11.0 Å². The third-order valence-corrected chi connectivity index (χ3v) is 5.16. The second kappa shape index (κ2) is 6.63. The van der Waals surface area contributed by atoms with E-state index in [1.807, 2.05) is 0 Å². The lowest BCUT2D eigenvalue weighted by atomic mass is 9.67. The van der Waals surface area contributed by atoms with E-state index in [9.17, 15) is 9.18 Å². The summed E-state index contributed by atoms with van der Waals surface area (Å²) in [5, 5.41) is 6.13. The predicted octanol–water partition coefficient (Wildman–Crippen LogP) is 3.73. The molecule has 2 fully saturated rings. The average Bonchev–Trinajstić information content (AvgIpc) is 2.87. The number of fused-ring (bicyclic) bond motifs is 1. The maximum absolute atomic E-state index is 13.9. The Bertz CT molecular complexity index is 542. The molecule has 0 aromatic heterocycles. The van der Waals surface area contributed by atoms with Crippen LogP contribution < -0.4 is 10.6 Å². The van der Waals surface area contributed by atoms with Crippen molar-refractivity contribution in [1.29, 1.82) is 0 Å². The minimum Gasteiger partial charge on any atom is -0.323 e. The molecule has 1 aromatic rings. The average molecular weight is 378 g/mol. The zero-order chi connectivity index (χ0) is 14.2. The van der Waals surface area contributed by atoms with Crippen LogP contribution in [0.5, 0.6) is 0 Å². The molecule has 3 nitrogen and oxygen atoms in total. The molecule has 116 valence electrons. The topological polar surface area (TPSA) is 41.1 Å². The third-order valence-electron chi connectivity index (χ3n) is 4.67. The summed E-state index contributed by atoms with van der Waals surface area (Å²) in [7, 11) is 0. The van der Waals surface area contributed by atoms with E-state index in [0.29, 0.717) is 16.9 Å². The summed E-state index contributed by atoms with van der Waals surface area (Å²) in [6.45, 7) is 1.61. The summed E-state index contributed by atoms with van der Waals surface area (Å²) < 4.78 is 14.5. The van der Waals surface area contributed by atoms with Gasteiger partial charge in [-0.2, -0.15) is 0 Å². The summed E-state index contributed by atoms with van der Waals surface area (Å²) in [5.41, 5.74) is -0.0820. The van der Waals surface area contributed by atoms with Gasteiger partial charge in [0.1, 0.15) is 5.82 Å². The lowest BCUT2D eigenvalue weighted by molar-refractivity contribution is -0.128. The fourth-order valence-electron chi connectivity index (χ4n) is 3.53. The molecule has 6 heteroatoms. The molecule has 1 saturated heterocycles. The lowest BCUT2D eigenvalue weighted by Gasteiger charge is -2.37. The Balaban J connectivity index is 0.00000161. The highest BCUT2D eigenvalue weighted by molar-refractivity contribution is 9.10. The van der Waals surface area contributed by atoms with Crippen molar-refractivity contribution in [2.75, 3.05) is 18.4 Å². The summed E-state index contributed by atoms with van der Waals surface area (Å²) in [5.74, 6) is -0.0503. The molecule has 1 aromatic carbocycles. The normalized spacial score (nSPS) is 27.6. The molecule has 0 bridgehead atoms. The minimum atomic E-state index is -0.401. The number of halogens is 3. The van der Waals surface area contributed by atoms with Crippen LogP contribution in [0.1, 0.15) is 25.7 Å². The second-order valence-corrected chi connectivity index (χ2v) is 6.72. The van der Waals surface area contributed by atoms with Gasteiger partial charge < -0.3 is 10.6 Å². The van der Waals surface area contributed by atoms with E-state index in [2.05, 4.69) is 26.6 Å². The van der Waals surface area contributed by atoms with Crippen LogP contribution in [-0.2, 0) is 4.79 Å². The van der Waals surface area contributed by atoms with Crippen LogP contribution in [0.3, 0.4) is 0 Å². The summed E-state index contributed by atoms with van der Waals surface area (Å²) in [4.78, 5) is 12.7. The Kier molecular flexibility index (Phi) is 5.28. The molecule has 21 heavy (non-hydrogen) atoms. The molecule has 2 aliphatic rings. The molecule has 1 saturated carbocycles. The van der Waals surface area contributed by atoms with Crippen molar-refractivity contribution in [3.05, 3.63) is 28.5 Å². The van der Waals surface area contributed by atoms with E-state index in [4.69, 9.17) is 0 Å². The first kappa shape index (κ1) is 16.7. The zero-order valence-corrected chi connectivity index (χ0v) is 14.0. The molecule has 3 rings (SSSR count). The van der Waals surface area contributed by atoms with Crippen molar-refractivity contribution in [3.63, 3.8) is 0 Å². The maximum atomic E-state index is 13.9. The number of nitrogens with one attached hydrogen (secondary N) is 2. The molecule has 1 heterocycles. The van der Waals surface area contributed by atoms with Crippen LogP contribution >= 0.6 is 28.3 Å². The summed E-state index contributed by atoms with van der Waals surface area (Å²) >= 11 is 3.22. The molecule has 1 aliphatic carbocycles. The van der Waals surface area contributed by atoms with E-state index in [1.165, 1.54) is 12.5 Å². The van der Waals surface area contributed by atoms with Crippen LogP contribution in [0.15, 0.2) is 22.7 Å². The van der Waals surface area contributed by atoms with Crippen molar-refractivity contribution >= 4 is 39.9 Å². The molecule has 1 amide bonds. The Hall–Kier alpha value is -0.650. The lowest BCUT2D eigenvalue weighted by Crippen LogP contribution is -2.44. The van der Waals surface area contributed by atoms with Crippen molar-refractivity contribution < 1.29 is 9.18 Å². The highest BCUT2D eigenvalue weighted by Gasteiger charge is 2.49. The van der Waals surface area contributed by atoms with Gasteiger partial charge in [0.05, 0.1) is 11.1 Å². The SMILES string of the molecule is Cl.O=C(Nc1ccc(Br)cc1F)[C@@]12CCCC[C@H]1CNC2. The van der Waals surface area contributed by atoms with Crippen molar-refractivity contribution in [2.24, 2.45) is 11.3 Å². The van der Waals surface area contributed by atoms with E-state index >= 15 is 0 Å². The van der Waals surface area contributed by atoms with Crippen molar-refractivity contribution in [1.82, 2.24) is 5.32 Å². The van der Waals surface area contributed by atoms with E-state index in [-0.39, 0.29) is 29.4 Å². The quantitative estimate of drug-likeness (QED) is 0.824. The number of carbonyl (C=O) groups excluding carboxylic acids is 1. The highest BCUT2D eigenvalue weighted by atomic mass is 79.9. The first-order valence-corrected chi connectivity index (χ1v) is 7.88. The monoisotopic (exact) mass is 376 g/mol. The van der Waals surface area contributed by atoms with Crippen LogP contribution in [0.25, 0.3) is 0 Å². The van der Waals surface area contributed by atoms with Crippen molar-refractivity contribution in [2.45, 2.75) is 25.7 Å². The number of amides is 1. The molecule has 1 aliphatic heterocycles. The van der Waals surface area contributed by atoms with Gasteiger partial charge in [-0.1, -0.05) is 28.8 Å². The van der Waals surface area contributed by atoms with Crippen LogP contribution in [0, 0.1) is 17.2 Å². The van der Waals surface area contributed by atoms with Crippen LogP contribution in [-0.4, -0.2) is 19.0 Å². The minimum absolute atomic E-state index is 0. The van der Waals surface area contributed by atoms with Crippen LogP contribution in [0.2, 0.25) is 0 Å². The third kappa shape index (κ3) is 3.10. The van der Waals surface area contributed by atoms with Gasteiger partial charge >= 0.3 is 0 Å². The standard InChI is InChI=1S/C15H18BrFN2O.ClH/c16-11-4-5-13(12(17)7-11)19-14(20)15-6-2-1-3-10(15)8-18-9-15;/h4-5,7,10,18H,1-3,6,8-9H2,(H,19,20);1H/t10-,15+;/m0./s1. The smallest absolute Gasteiger partial charge is 0.232 e. The summed E-state index contributed by atoms with van der Waals surface area (Å²) in [6, 6.07) is 4.72. The number of carbonyl (C=O) groups is 1. The molecular weight excluding hydrogens is 359 g/mol. The van der Waals surface area contributed by atoms with Crippen LogP contribution in [0.4, 0.5) is 10.1 Å². The van der Waals surface area contributed by atoms with Gasteiger partial charge in [-0.15, -0.1) is 12.4 Å². The summed E-state index contributed by atoms with van der Waals surface area (Å²) in [6.07, 6.45) is 4.25. The molecule has 0 radical (unpaired) electrons. The van der Waals surface area contributed by atoms with Gasteiger partial charge in [-0.05, 0) is 43.5 Å². The first-order valence-electron chi connectivity index (χ1n) is 7.09. The number of rotatable bonds is 2.